The Kier molecular flexibility index (Phi) is 3.18. The Hall–Kier alpha value is -1.88. The molecule has 0 spiro atoms. The van der Waals surface area contributed by atoms with Crippen LogP contribution in [0.1, 0.15) is 29.7 Å². The molecule has 2 heterocycles. The number of anilines is 2. The molecule has 1 aliphatic heterocycles. The topological polar surface area (TPSA) is 59.2 Å². The van der Waals surface area contributed by atoms with Gasteiger partial charge in [-0.3, -0.25) is 4.79 Å². The highest BCUT2D eigenvalue weighted by Crippen LogP contribution is 2.38. The fourth-order valence-electron chi connectivity index (χ4n) is 3.21. The minimum absolute atomic E-state index is 0.270. The Morgan fingerprint density at radius 2 is 2.23 bits per heavy atom. The maximum atomic E-state index is 12.4. The molecule has 2 N–H and O–H groups in total. The number of nitrogens with zero attached hydrogens (tertiary/aromatic N) is 2. The van der Waals surface area contributed by atoms with Gasteiger partial charge < -0.3 is 10.6 Å². The zero-order valence-electron chi connectivity index (χ0n) is 12.6. The summed E-state index contributed by atoms with van der Waals surface area (Å²) in [5, 5.41) is 0.607. The average Bonchev–Trinajstić information content (AvgIpc) is 3.30. The standard InChI is InChI=1S/C17H19N3OS/c1-10-15(19-17(18)22-10)13-6-7-14-12(9-13)3-2-8-20(14)16(21)11-4-5-11/h6-7,9,11H,2-5,8H2,1H3,(H2,18,19). The van der Waals surface area contributed by atoms with Crippen LogP contribution in [-0.2, 0) is 11.2 Å². The SMILES string of the molecule is Cc1sc(N)nc1-c1ccc2c(c1)CCCN2C(=O)C1CC1. The Morgan fingerprint density at radius 3 is 2.91 bits per heavy atom. The Labute approximate surface area is 134 Å². The third-order valence-electron chi connectivity index (χ3n) is 4.48. The lowest BCUT2D eigenvalue weighted by atomic mass is 9.97. The molecule has 2 aromatic rings. The molecule has 114 valence electrons. The summed E-state index contributed by atoms with van der Waals surface area (Å²) < 4.78 is 0. The lowest BCUT2D eigenvalue weighted by Crippen LogP contribution is -2.36. The monoisotopic (exact) mass is 313 g/mol. The Balaban J connectivity index is 1.72. The molecule has 1 aliphatic carbocycles. The van der Waals surface area contributed by atoms with Gasteiger partial charge in [-0.25, -0.2) is 4.98 Å². The zero-order valence-corrected chi connectivity index (χ0v) is 13.4. The number of benzene rings is 1. The molecule has 1 aromatic heterocycles. The molecular weight excluding hydrogens is 294 g/mol. The second-order valence-corrected chi connectivity index (χ2v) is 7.40. The summed E-state index contributed by atoms with van der Waals surface area (Å²) in [5.41, 5.74) is 10.2. The van der Waals surface area contributed by atoms with Crippen molar-refractivity contribution in [2.24, 2.45) is 5.92 Å². The van der Waals surface area contributed by atoms with E-state index in [0.29, 0.717) is 11.0 Å². The van der Waals surface area contributed by atoms with Crippen molar-refractivity contribution in [2.75, 3.05) is 17.2 Å². The van der Waals surface area contributed by atoms with Crippen LogP contribution in [0.5, 0.6) is 0 Å². The number of rotatable bonds is 2. The largest absolute Gasteiger partial charge is 0.375 e. The Bertz CT molecular complexity index is 748. The highest BCUT2D eigenvalue weighted by Gasteiger charge is 2.35. The molecule has 0 bridgehead atoms. The summed E-state index contributed by atoms with van der Waals surface area (Å²) in [5.74, 6) is 0.578. The van der Waals surface area contributed by atoms with Gasteiger partial charge in [0.15, 0.2) is 5.13 Å². The quantitative estimate of drug-likeness (QED) is 0.924. The van der Waals surface area contributed by atoms with Crippen LogP contribution >= 0.6 is 11.3 Å². The van der Waals surface area contributed by atoms with Crippen molar-refractivity contribution in [3.8, 4) is 11.3 Å². The maximum Gasteiger partial charge on any atom is 0.230 e. The molecule has 4 nitrogen and oxygen atoms in total. The van der Waals surface area contributed by atoms with E-state index in [-0.39, 0.29) is 5.92 Å². The molecule has 0 unspecified atom stereocenters. The van der Waals surface area contributed by atoms with Crippen molar-refractivity contribution in [3.05, 3.63) is 28.6 Å². The molecule has 1 fully saturated rings. The van der Waals surface area contributed by atoms with Crippen molar-refractivity contribution < 1.29 is 4.79 Å². The number of carbonyl (C=O) groups is 1. The number of thiazole rings is 1. The molecule has 1 saturated carbocycles. The first-order valence-corrected chi connectivity index (χ1v) is 8.62. The van der Waals surface area contributed by atoms with Gasteiger partial charge in [0.1, 0.15) is 0 Å². The molecule has 4 rings (SSSR count). The van der Waals surface area contributed by atoms with Crippen LogP contribution in [0, 0.1) is 12.8 Å². The van der Waals surface area contributed by atoms with E-state index in [1.165, 1.54) is 16.9 Å². The number of aryl methyl sites for hydroxylation is 2. The molecule has 0 saturated heterocycles. The molecule has 2 aliphatic rings. The molecule has 5 heteroatoms. The van der Waals surface area contributed by atoms with Crippen molar-refractivity contribution in [1.82, 2.24) is 4.98 Å². The lowest BCUT2D eigenvalue weighted by molar-refractivity contribution is -0.119. The fraction of sp³-hybridized carbons (Fsp3) is 0.412. The summed E-state index contributed by atoms with van der Waals surface area (Å²) in [6.45, 7) is 2.90. The van der Waals surface area contributed by atoms with Gasteiger partial charge in [-0.2, -0.15) is 0 Å². The van der Waals surface area contributed by atoms with Crippen LogP contribution in [0.25, 0.3) is 11.3 Å². The van der Waals surface area contributed by atoms with Crippen LogP contribution in [0.2, 0.25) is 0 Å². The number of hydrogen-bond donors (Lipinski definition) is 1. The Morgan fingerprint density at radius 1 is 1.41 bits per heavy atom. The highest BCUT2D eigenvalue weighted by molar-refractivity contribution is 7.15. The summed E-state index contributed by atoms with van der Waals surface area (Å²) >= 11 is 1.52. The molecule has 1 amide bonds. The predicted molar refractivity (Wildman–Crippen MR) is 90.1 cm³/mol. The average molecular weight is 313 g/mol. The number of fused-ring (bicyclic) bond motifs is 1. The van der Waals surface area contributed by atoms with E-state index in [2.05, 4.69) is 23.2 Å². The zero-order chi connectivity index (χ0) is 15.3. The number of nitrogen functional groups attached to an aromatic ring is 1. The van der Waals surface area contributed by atoms with Gasteiger partial charge in [0.2, 0.25) is 5.91 Å². The van der Waals surface area contributed by atoms with Crippen molar-refractivity contribution >= 4 is 28.1 Å². The fourth-order valence-corrected chi connectivity index (χ4v) is 3.92. The van der Waals surface area contributed by atoms with E-state index in [4.69, 9.17) is 5.73 Å². The van der Waals surface area contributed by atoms with Gasteiger partial charge in [-0.1, -0.05) is 6.07 Å². The molecule has 1 aromatic carbocycles. The van der Waals surface area contributed by atoms with Gasteiger partial charge in [-0.15, -0.1) is 11.3 Å². The minimum atomic E-state index is 0.270. The van der Waals surface area contributed by atoms with Gasteiger partial charge in [-0.05, 0) is 50.3 Å². The van der Waals surface area contributed by atoms with E-state index in [1.54, 1.807) is 0 Å². The number of amides is 1. The first-order chi connectivity index (χ1) is 10.6. The molecule has 22 heavy (non-hydrogen) atoms. The van der Waals surface area contributed by atoms with Crippen molar-refractivity contribution in [1.29, 1.82) is 0 Å². The smallest absolute Gasteiger partial charge is 0.230 e. The summed E-state index contributed by atoms with van der Waals surface area (Å²) in [4.78, 5) is 20.0. The van der Waals surface area contributed by atoms with Gasteiger partial charge in [0.25, 0.3) is 0 Å². The number of nitrogens with two attached hydrogens (primary N) is 1. The van der Waals surface area contributed by atoms with Crippen LogP contribution in [0.15, 0.2) is 18.2 Å². The minimum Gasteiger partial charge on any atom is -0.375 e. The van der Waals surface area contributed by atoms with Gasteiger partial charge in [0, 0.05) is 28.6 Å². The van der Waals surface area contributed by atoms with Gasteiger partial charge >= 0.3 is 0 Å². The van der Waals surface area contributed by atoms with E-state index in [9.17, 15) is 4.79 Å². The van der Waals surface area contributed by atoms with Crippen molar-refractivity contribution in [3.63, 3.8) is 0 Å². The molecule has 0 atom stereocenters. The van der Waals surface area contributed by atoms with E-state index in [1.807, 2.05) is 11.8 Å². The van der Waals surface area contributed by atoms with E-state index in [0.717, 1.165) is 54.0 Å². The second kappa shape index (κ2) is 5.09. The maximum absolute atomic E-state index is 12.4. The molecule has 0 radical (unpaired) electrons. The molecular formula is C17H19N3OS. The normalized spacial score (nSPS) is 17.4. The highest BCUT2D eigenvalue weighted by atomic mass is 32.1. The van der Waals surface area contributed by atoms with Crippen LogP contribution in [-0.4, -0.2) is 17.4 Å². The third-order valence-corrected chi connectivity index (χ3v) is 5.28. The second-order valence-electron chi connectivity index (χ2n) is 6.17. The predicted octanol–water partition coefficient (Wildman–Crippen LogP) is 3.39. The van der Waals surface area contributed by atoms with Crippen LogP contribution in [0.4, 0.5) is 10.8 Å². The first-order valence-electron chi connectivity index (χ1n) is 7.81. The van der Waals surface area contributed by atoms with Crippen LogP contribution in [0.3, 0.4) is 0 Å². The summed E-state index contributed by atoms with van der Waals surface area (Å²) in [6.07, 6.45) is 4.17. The van der Waals surface area contributed by atoms with Gasteiger partial charge in [0.05, 0.1) is 5.69 Å². The number of hydrogen-bond acceptors (Lipinski definition) is 4. The number of carbonyl (C=O) groups excluding carboxylic acids is 1. The lowest BCUT2D eigenvalue weighted by Gasteiger charge is -2.30. The summed E-state index contributed by atoms with van der Waals surface area (Å²) in [7, 11) is 0. The van der Waals surface area contributed by atoms with Crippen LogP contribution < -0.4 is 10.6 Å². The van der Waals surface area contributed by atoms with Crippen molar-refractivity contribution in [2.45, 2.75) is 32.6 Å². The van der Waals surface area contributed by atoms with E-state index < -0.39 is 0 Å². The first kappa shape index (κ1) is 13.8. The summed E-state index contributed by atoms with van der Waals surface area (Å²) in [6, 6.07) is 6.33. The third kappa shape index (κ3) is 2.29. The number of aromatic nitrogens is 1. The van der Waals surface area contributed by atoms with E-state index >= 15 is 0 Å².